The molecule has 30 heavy (non-hydrogen) atoms. The number of esters is 4. The van der Waals surface area contributed by atoms with Crippen molar-refractivity contribution in [2.75, 3.05) is 0 Å². The van der Waals surface area contributed by atoms with E-state index in [9.17, 15) is 19.2 Å². The first-order chi connectivity index (χ1) is 13.6. The van der Waals surface area contributed by atoms with Crippen molar-refractivity contribution in [3.63, 3.8) is 0 Å². The molecule has 2 unspecified atom stereocenters. The second kappa shape index (κ2) is 9.69. The van der Waals surface area contributed by atoms with Crippen LogP contribution in [0.1, 0.15) is 76.2 Å². The molecule has 9 nitrogen and oxygen atoms in total. The van der Waals surface area contributed by atoms with Gasteiger partial charge in [0.25, 0.3) is 0 Å². The average molecular weight is 423 g/mol. The monoisotopic (exact) mass is 423 g/mol. The van der Waals surface area contributed by atoms with Gasteiger partial charge in [-0.25, -0.2) is 14.6 Å². The maximum absolute atomic E-state index is 12.3. The van der Waals surface area contributed by atoms with Crippen molar-refractivity contribution in [2.45, 2.75) is 68.0 Å². The predicted molar refractivity (Wildman–Crippen MR) is 105 cm³/mol. The molecule has 9 heteroatoms. The van der Waals surface area contributed by atoms with E-state index in [4.69, 9.17) is 18.9 Å². The van der Waals surface area contributed by atoms with E-state index in [1.165, 1.54) is 32.2 Å². The number of hydrogen-bond donors (Lipinski definition) is 0. The Morgan fingerprint density at radius 3 is 1.63 bits per heavy atom. The fourth-order valence-corrected chi connectivity index (χ4v) is 1.80. The SMILES string of the molecule is CC(OC(=O)c1ccnc(C(=O)OC(C)OC(=O)C(C)(C)C)c1)OC(=O)C(C)(C)C. The van der Waals surface area contributed by atoms with E-state index >= 15 is 0 Å². The number of nitrogens with zero attached hydrogens (tertiary/aromatic N) is 1. The minimum absolute atomic E-state index is 0.00921. The summed E-state index contributed by atoms with van der Waals surface area (Å²) in [5.74, 6) is -2.76. The van der Waals surface area contributed by atoms with Crippen molar-refractivity contribution < 1.29 is 38.1 Å². The first kappa shape index (κ1) is 25.1. The van der Waals surface area contributed by atoms with Crippen LogP contribution in [-0.4, -0.2) is 41.4 Å². The first-order valence-corrected chi connectivity index (χ1v) is 9.41. The number of carbonyl (C=O) groups excluding carboxylic acids is 4. The van der Waals surface area contributed by atoms with E-state index < -0.39 is 47.3 Å². The lowest BCUT2D eigenvalue weighted by atomic mass is 9.97. The summed E-state index contributed by atoms with van der Waals surface area (Å²) in [5.41, 5.74) is -1.67. The van der Waals surface area contributed by atoms with Gasteiger partial charge < -0.3 is 18.9 Å². The van der Waals surface area contributed by atoms with Crippen molar-refractivity contribution in [1.29, 1.82) is 0 Å². The van der Waals surface area contributed by atoms with E-state index in [0.717, 1.165) is 0 Å². The lowest BCUT2D eigenvalue weighted by Crippen LogP contribution is -2.30. The van der Waals surface area contributed by atoms with Gasteiger partial charge in [-0.2, -0.15) is 0 Å². The maximum Gasteiger partial charge on any atom is 0.360 e. The number of ether oxygens (including phenoxy) is 4. The van der Waals surface area contributed by atoms with E-state index in [2.05, 4.69) is 4.98 Å². The highest BCUT2D eigenvalue weighted by molar-refractivity contribution is 5.94. The Labute approximate surface area is 176 Å². The zero-order chi connectivity index (χ0) is 23.3. The Bertz CT molecular complexity index is 741. The topological polar surface area (TPSA) is 118 Å². The first-order valence-electron chi connectivity index (χ1n) is 9.41. The summed E-state index contributed by atoms with van der Waals surface area (Å²) < 4.78 is 20.2. The molecule has 1 aromatic rings. The van der Waals surface area contributed by atoms with Crippen LogP contribution in [0.25, 0.3) is 0 Å². The van der Waals surface area contributed by atoms with Gasteiger partial charge in [0, 0.05) is 20.0 Å². The maximum atomic E-state index is 12.3. The zero-order valence-corrected chi connectivity index (χ0v) is 18.6. The second-order valence-electron chi connectivity index (χ2n) is 8.69. The Hall–Kier alpha value is -2.97. The van der Waals surface area contributed by atoms with Crippen LogP contribution in [0.3, 0.4) is 0 Å². The summed E-state index contributed by atoms with van der Waals surface area (Å²) in [6, 6.07) is 2.50. The minimum atomic E-state index is -1.14. The van der Waals surface area contributed by atoms with Crippen LogP contribution in [0.15, 0.2) is 18.3 Å². The third kappa shape index (κ3) is 7.81. The molecule has 0 aromatic carbocycles. The third-order valence-electron chi connectivity index (χ3n) is 3.52. The van der Waals surface area contributed by atoms with E-state index in [1.807, 2.05) is 0 Å². The Kier molecular flexibility index (Phi) is 8.09. The number of carbonyl (C=O) groups is 4. The van der Waals surface area contributed by atoms with Crippen LogP contribution in [-0.2, 0) is 28.5 Å². The standard InChI is InChI=1S/C21H29NO8/c1-12(29-18(25)20(3,4)5)27-16(23)14-9-10-22-15(11-14)17(24)28-13(2)30-19(26)21(6,7)8/h9-13H,1-8H3. The van der Waals surface area contributed by atoms with Gasteiger partial charge in [-0.05, 0) is 53.7 Å². The van der Waals surface area contributed by atoms with Crippen molar-refractivity contribution in [3.8, 4) is 0 Å². The summed E-state index contributed by atoms with van der Waals surface area (Å²) in [7, 11) is 0. The van der Waals surface area contributed by atoms with E-state index in [-0.39, 0.29) is 11.3 Å². The number of pyridine rings is 1. The fraction of sp³-hybridized carbons (Fsp3) is 0.571. The Balaban J connectivity index is 2.75. The van der Waals surface area contributed by atoms with Crippen LogP contribution in [0.5, 0.6) is 0 Å². The zero-order valence-electron chi connectivity index (χ0n) is 18.6. The van der Waals surface area contributed by atoms with Gasteiger partial charge in [0.05, 0.1) is 16.4 Å². The molecule has 0 aliphatic rings. The Morgan fingerprint density at radius 2 is 1.20 bits per heavy atom. The molecule has 0 amide bonds. The van der Waals surface area contributed by atoms with Gasteiger partial charge in [0.15, 0.2) is 0 Å². The van der Waals surface area contributed by atoms with Gasteiger partial charge in [-0.1, -0.05) is 0 Å². The lowest BCUT2D eigenvalue weighted by molar-refractivity contribution is -0.176. The molecule has 1 rings (SSSR count). The summed E-state index contributed by atoms with van der Waals surface area (Å²) >= 11 is 0. The predicted octanol–water partition coefficient (Wildman–Crippen LogP) is 3.27. The number of rotatable bonds is 6. The van der Waals surface area contributed by atoms with Gasteiger partial charge in [-0.15, -0.1) is 0 Å². The number of aromatic nitrogens is 1. The van der Waals surface area contributed by atoms with Crippen molar-refractivity contribution >= 4 is 23.9 Å². The van der Waals surface area contributed by atoms with Crippen molar-refractivity contribution in [2.24, 2.45) is 10.8 Å². The van der Waals surface area contributed by atoms with E-state index in [0.29, 0.717) is 0 Å². The molecule has 0 saturated heterocycles. The van der Waals surface area contributed by atoms with Crippen LogP contribution in [0, 0.1) is 10.8 Å². The number of hydrogen-bond acceptors (Lipinski definition) is 9. The molecule has 2 atom stereocenters. The van der Waals surface area contributed by atoms with Crippen LogP contribution >= 0.6 is 0 Å². The van der Waals surface area contributed by atoms with Crippen molar-refractivity contribution in [3.05, 3.63) is 29.6 Å². The molecule has 1 heterocycles. The van der Waals surface area contributed by atoms with Crippen LogP contribution < -0.4 is 0 Å². The van der Waals surface area contributed by atoms with Crippen LogP contribution in [0.4, 0.5) is 0 Å². The van der Waals surface area contributed by atoms with Crippen LogP contribution in [0.2, 0.25) is 0 Å². The summed E-state index contributed by atoms with van der Waals surface area (Å²) in [6.45, 7) is 12.8. The quantitative estimate of drug-likeness (QED) is 0.501. The molecular formula is C21H29NO8. The molecule has 0 aliphatic heterocycles. The van der Waals surface area contributed by atoms with Gasteiger partial charge in [0.1, 0.15) is 5.69 Å². The van der Waals surface area contributed by atoms with Gasteiger partial charge in [-0.3, -0.25) is 9.59 Å². The summed E-state index contributed by atoms with van der Waals surface area (Å²) in [4.78, 5) is 52.1. The summed E-state index contributed by atoms with van der Waals surface area (Å²) in [6.07, 6.45) is -1.03. The van der Waals surface area contributed by atoms with E-state index in [1.54, 1.807) is 41.5 Å². The van der Waals surface area contributed by atoms with Crippen molar-refractivity contribution in [1.82, 2.24) is 4.98 Å². The normalized spacial score (nSPS) is 13.6. The van der Waals surface area contributed by atoms with Gasteiger partial charge >= 0.3 is 23.9 Å². The molecule has 1 aromatic heterocycles. The van der Waals surface area contributed by atoms with Gasteiger partial charge in [0.2, 0.25) is 12.6 Å². The molecule has 166 valence electrons. The minimum Gasteiger partial charge on any atom is -0.425 e. The fourth-order valence-electron chi connectivity index (χ4n) is 1.80. The lowest BCUT2D eigenvalue weighted by Gasteiger charge is -2.21. The second-order valence-corrected chi connectivity index (χ2v) is 8.69. The average Bonchev–Trinajstić information content (AvgIpc) is 2.59. The highest BCUT2D eigenvalue weighted by Gasteiger charge is 2.28. The smallest absolute Gasteiger partial charge is 0.360 e. The molecule has 0 aliphatic carbocycles. The molecule has 0 radical (unpaired) electrons. The molecule has 0 fully saturated rings. The highest BCUT2D eigenvalue weighted by Crippen LogP contribution is 2.18. The molecule has 0 N–H and O–H groups in total. The molecular weight excluding hydrogens is 394 g/mol. The third-order valence-corrected chi connectivity index (χ3v) is 3.52. The molecule has 0 spiro atoms. The molecule has 0 bridgehead atoms. The largest absolute Gasteiger partial charge is 0.425 e. The molecule has 0 saturated carbocycles. The Morgan fingerprint density at radius 1 is 0.767 bits per heavy atom. The highest BCUT2D eigenvalue weighted by atomic mass is 16.7. The summed E-state index contributed by atoms with van der Waals surface area (Å²) in [5, 5.41) is 0.